The molecule has 0 saturated heterocycles. The van der Waals surface area contributed by atoms with Gasteiger partial charge in [-0.3, -0.25) is 0 Å². The third-order valence-electron chi connectivity index (χ3n) is 2.73. The number of oxime groups is 1. The largest absolute Gasteiger partial charge is 0.477 e. The molecule has 2 aromatic carbocycles. The monoisotopic (exact) mass is 411 g/mol. The summed E-state index contributed by atoms with van der Waals surface area (Å²) in [5.74, 6) is 10.4. The zero-order valence-corrected chi connectivity index (χ0v) is 15.9. The molecule has 1 N–H and O–H groups in total. The summed E-state index contributed by atoms with van der Waals surface area (Å²) in [5, 5.41) is 12.6. The van der Waals surface area contributed by atoms with Crippen molar-refractivity contribution < 1.29 is 14.7 Å². The molecular weight excluding hydrogens is 394 g/mol. The number of carbonyl (C=O) groups is 1. The highest BCUT2D eigenvalue weighted by atomic mass is 79.9. The molecule has 0 aliphatic carbocycles. The molecular formula is C21H18BrNO3. The Kier molecular flexibility index (Phi) is 10.7. The Balaban J connectivity index is 0.000000289. The van der Waals surface area contributed by atoms with Crippen molar-refractivity contribution in [2.24, 2.45) is 5.16 Å². The van der Waals surface area contributed by atoms with E-state index in [1.807, 2.05) is 60.7 Å². The summed E-state index contributed by atoms with van der Waals surface area (Å²) in [4.78, 5) is 15.0. The first-order valence-electron chi connectivity index (χ1n) is 7.67. The van der Waals surface area contributed by atoms with Crippen molar-refractivity contribution in [1.29, 1.82) is 0 Å². The molecule has 26 heavy (non-hydrogen) atoms. The van der Waals surface area contributed by atoms with Crippen LogP contribution in [0.4, 0.5) is 0 Å². The lowest BCUT2D eigenvalue weighted by Gasteiger charge is -1.92. The standard InChI is InChI=1S/C12H11NO3.C9H7Br/c1-10(12(14)15)13-16-9-5-8-11-6-3-2-4-7-11;10-8-4-7-9-5-2-1-3-6-9/h2-4,6-7H,9H2,1H3,(H,14,15);1-3,5-6H,8H2. The van der Waals surface area contributed by atoms with Gasteiger partial charge in [0.15, 0.2) is 12.3 Å². The lowest BCUT2D eigenvalue weighted by Crippen LogP contribution is -2.08. The molecule has 0 aliphatic heterocycles. The maximum Gasteiger partial charge on any atom is 0.353 e. The first-order valence-corrected chi connectivity index (χ1v) is 8.79. The van der Waals surface area contributed by atoms with Crippen LogP contribution < -0.4 is 0 Å². The molecule has 0 saturated carbocycles. The average molecular weight is 412 g/mol. The number of carboxylic acids is 1. The normalized spacial score (nSPS) is 9.38. The first kappa shape index (κ1) is 21.0. The molecule has 2 rings (SSSR count). The van der Waals surface area contributed by atoms with E-state index in [0.717, 1.165) is 16.5 Å². The number of alkyl halides is 1. The van der Waals surface area contributed by atoms with Crippen molar-refractivity contribution in [2.45, 2.75) is 6.92 Å². The van der Waals surface area contributed by atoms with Gasteiger partial charge in [0.1, 0.15) is 0 Å². The van der Waals surface area contributed by atoms with Gasteiger partial charge in [-0.25, -0.2) is 4.79 Å². The highest BCUT2D eigenvalue weighted by molar-refractivity contribution is 9.09. The second-order valence-electron chi connectivity index (χ2n) is 4.72. The van der Waals surface area contributed by atoms with E-state index >= 15 is 0 Å². The van der Waals surface area contributed by atoms with E-state index in [9.17, 15) is 4.79 Å². The highest BCUT2D eigenvalue weighted by Crippen LogP contribution is 1.95. The van der Waals surface area contributed by atoms with Gasteiger partial charge in [-0.2, -0.15) is 0 Å². The number of hydrogen-bond acceptors (Lipinski definition) is 3. The number of nitrogens with zero attached hydrogens (tertiary/aromatic N) is 1. The minimum absolute atomic E-state index is 0.0690. The summed E-state index contributed by atoms with van der Waals surface area (Å²) in [6.07, 6.45) is 0. The van der Waals surface area contributed by atoms with Crippen molar-refractivity contribution in [2.75, 3.05) is 11.9 Å². The molecule has 0 radical (unpaired) electrons. The van der Waals surface area contributed by atoms with Crippen molar-refractivity contribution in [3.8, 4) is 23.7 Å². The molecule has 132 valence electrons. The molecule has 5 heteroatoms. The van der Waals surface area contributed by atoms with Gasteiger partial charge in [-0.1, -0.05) is 81.2 Å². The Morgan fingerprint density at radius 3 is 1.96 bits per heavy atom. The zero-order valence-electron chi connectivity index (χ0n) is 14.3. The second kappa shape index (κ2) is 13.3. The summed E-state index contributed by atoms with van der Waals surface area (Å²) >= 11 is 3.23. The Morgan fingerprint density at radius 1 is 1.00 bits per heavy atom. The van der Waals surface area contributed by atoms with Crippen molar-refractivity contribution in [3.05, 3.63) is 71.8 Å². The summed E-state index contributed by atoms with van der Waals surface area (Å²) in [5.41, 5.74) is 1.86. The van der Waals surface area contributed by atoms with Crippen molar-refractivity contribution in [1.82, 2.24) is 0 Å². The number of benzene rings is 2. The second-order valence-corrected chi connectivity index (χ2v) is 5.29. The molecule has 0 atom stereocenters. The van der Waals surface area contributed by atoms with Crippen molar-refractivity contribution >= 4 is 27.6 Å². The highest BCUT2D eigenvalue weighted by Gasteiger charge is 2.00. The van der Waals surface area contributed by atoms with Crippen LogP contribution in [0.5, 0.6) is 0 Å². The van der Waals surface area contributed by atoms with Gasteiger partial charge in [0.2, 0.25) is 0 Å². The maximum atomic E-state index is 10.3. The van der Waals surface area contributed by atoms with Gasteiger partial charge >= 0.3 is 5.97 Å². The lowest BCUT2D eigenvalue weighted by molar-refractivity contribution is -0.129. The van der Waals surface area contributed by atoms with E-state index < -0.39 is 5.97 Å². The molecule has 2 aromatic rings. The zero-order chi connectivity index (χ0) is 19.0. The van der Waals surface area contributed by atoms with Crippen LogP contribution >= 0.6 is 15.9 Å². The fraction of sp³-hybridized carbons (Fsp3) is 0.143. The third kappa shape index (κ3) is 9.97. The third-order valence-corrected chi connectivity index (χ3v) is 3.01. The van der Waals surface area contributed by atoms with Crippen LogP contribution in [0.3, 0.4) is 0 Å². The van der Waals surface area contributed by atoms with Gasteiger partial charge < -0.3 is 9.94 Å². The molecule has 0 heterocycles. The summed E-state index contributed by atoms with van der Waals surface area (Å²) in [6.45, 7) is 1.42. The van der Waals surface area contributed by atoms with Crippen molar-refractivity contribution in [3.63, 3.8) is 0 Å². The van der Waals surface area contributed by atoms with Crippen LogP contribution in [-0.2, 0) is 9.63 Å². The Hall–Kier alpha value is -3.02. The van der Waals surface area contributed by atoms with Crippen LogP contribution in [0.1, 0.15) is 18.1 Å². The minimum Gasteiger partial charge on any atom is -0.477 e. The maximum absolute atomic E-state index is 10.3. The fourth-order valence-electron chi connectivity index (χ4n) is 1.52. The van der Waals surface area contributed by atoms with E-state index in [4.69, 9.17) is 9.94 Å². The molecule has 0 unspecified atom stereocenters. The molecule has 0 amide bonds. The van der Waals surface area contributed by atoms with E-state index in [0.29, 0.717) is 0 Å². The number of halogens is 1. The number of hydrogen-bond donors (Lipinski definition) is 1. The van der Waals surface area contributed by atoms with Gasteiger partial charge in [0.25, 0.3) is 0 Å². The summed E-state index contributed by atoms with van der Waals surface area (Å²) in [7, 11) is 0. The quantitative estimate of drug-likeness (QED) is 0.273. The predicted molar refractivity (Wildman–Crippen MR) is 107 cm³/mol. The molecule has 0 aromatic heterocycles. The Morgan fingerprint density at radius 2 is 1.50 bits per heavy atom. The van der Waals surface area contributed by atoms with Gasteiger partial charge in [-0.05, 0) is 31.2 Å². The fourth-order valence-corrected chi connectivity index (χ4v) is 1.66. The molecule has 0 fully saturated rings. The SMILES string of the molecule is BrCC#Cc1ccccc1.CC(=NOCC#Cc1ccccc1)C(=O)O. The molecule has 0 aliphatic rings. The van der Waals surface area contributed by atoms with Gasteiger partial charge in [-0.15, -0.1) is 0 Å². The number of carboxylic acid groups (broad SMARTS) is 1. The van der Waals surface area contributed by atoms with Crippen LogP contribution in [0.15, 0.2) is 65.8 Å². The molecule has 0 spiro atoms. The summed E-state index contributed by atoms with van der Waals surface area (Å²) < 4.78 is 0. The van der Waals surface area contributed by atoms with E-state index in [1.165, 1.54) is 6.92 Å². The Labute approximate surface area is 162 Å². The van der Waals surface area contributed by atoms with Crippen LogP contribution in [0.2, 0.25) is 0 Å². The minimum atomic E-state index is -1.10. The van der Waals surface area contributed by atoms with Crippen LogP contribution in [0, 0.1) is 23.7 Å². The molecule has 0 bridgehead atoms. The van der Waals surface area contributed by atoms with Gasteiger partial charge in [0.05, 0.1) is 5.33 Å². The smallest absolute Gasteiger partial charge is 0.353 e. The number of rotatable bonds is 3. The summed E-state index contributed by atoms with van der Waals surface area (Å²) in [6, 6.07) is 19.4. The predicted octanol–water partition coefficient (Wildman–Crippen LogP) is 3.95. The lowest BCUT2D eigenvalue weighted by atomic mass is 10.2. The topological polar surface area (TPSA) is 58.9 Å². The van der Waals surface area contributed by atoms with Crippen LogP contribution in [-0.4, -0.2) is 28.7 Å². The number of aliphatic carboxylic acids is 1. The van der Waals surface area contributed by atoms with Gasteiger partial charge in [0, 0.05) is 11.1 Å². The van der Waals surface area contributed by atoms with Crippen LogP contribution in [0.25, 0.3) is 0 Å². The Bertz CT molecular complexity index is 826. The van der Waals surface area contributed by atoms with E-state index in [2.05, 4.69) is 44.8 Å². The van der Waals surface area contributed by atoms with E-state index in [-0.39, 0.29) is 12.3 Å². The van der Waals surface area contributed by atoms with E-state index in [1.54, 1.807) is 0 Å². The molecule has 4 nitrogen and oxygen atoms in total. The average Bonchev–Trinajstić information content (AvgIpc) is 2.68. The first-order chi connectivity index (χ1) is 12.6.